The van der Waals surface area contributed by atoms with Gasteiger partial charge in [-0.2, -0.15) is 0 Å². The van der Waals surface area contributed by atoms with Crippen molar-refractivity contribution in [2.24, 2.45) is 0 Å². The Morgan fingerprint density at radius 1 is 1.42 bits per heavy atom. The average Bonchev–Trinajstić information content (AvgIpc) is 2.38. The lowest BCUT2D eigenvalue weighted by Gasteiger charge is -2.10. The third kappa shape index (κ3) is 3.82. The summed E-state index contributed by atoms with van der Waals surface area (Å²) in [7, 11) is 1.42. The minimum absolute atomic E-state index is 0.00758. The second-order valence-electron chi connectivity index (χ2n) is 3.67. The Morgan fingerprint density at radius 2 is 2.11 bits per heavy atom. The number of nitrogens with zero attached hydrogens (tertiary/aromatic N) is 1. The van der Waals surface area contributed by atoms with Gasteiger partial charge in [-0.05, 0) is 13.0 Å². The summed E-state index contributed by atoms with van der Waals surface area (Å²) in [5.41, 5.74) is 0.618. The maximum atomic E-state index is 11.4. The number of alkyl halides is 1. The van der Waals surface area contributed by atoms with E-state index >= 15 is 0 Å². The summed E-state index contributed by atoms with van der Waals surface area (Å²) < 4.78 is 9.92. The Morgan fingerprint density at radius 3 is 2.58 bits per heavy atom. The average molecular weight is 288 g/mol. The number of ether oxygens (including phenoxy) is 2. The Balaban J connectivity index is 3.18. The molecular weight excluding hydrogens is 274 g/mol. The standard InChI is InChI=1S/C12H14ClNO5/c1-3-19-12(15)6-8-4-10(14(16)17)9(7-13)5-11(8)18-2/h4-5H,3,6-7H2,1-2H3. The molecule has 0 aromatic heterocycles. The summed E-state index contributed by atoms with van der Waals surface area (Å²) in [5, 5.41) is 10.9. The highest BCUT2D eigenvalue weighted by Crippen LogP contribution is 2.30. The topological polar surface area (TPSA) is 78.7 Å². The van der Waals surface area contributed by atoms with Crippen LogP contribution in [-0.2, 0) is 21.8 Å². The molecule has 0 bridgehead atoms. The first-order valence-electron chi connectivity index (χ1n) is 5.59. The Hall–Kier alpha value is -1.82. The van der Waals surface area contributed by atoms with Crippen molar-refractivity contribution in [3.8, 4) is 5.75 Å². The molecule has 0 aliphatic heterocycles. The molecule has 1 aromatic rings. The van der Waals surface area contributed by atoms with Crippen molar-refractivity contribution in [1.82, 2.24) is 0 Å². The molecule has 0 aliphatic carbocycles. The van der Waals surface area contributed by atoms with Crippen LogP contribution < -0.4 is 4.74 Å². The van der Waals surface area contributed by atoms with Crippen molar-refractivity contribution in [1.29, 1.82) is 0 Å². The number of hydrogen-bond acceptors (Lipinski definition) is 5. The van der Waals surface area contributed by atoms with Crippen molar-refractivity contribution >= 4 is 23.3 Å². The zero-order valence-electron chi connectivity index (χ0n) is 10.6. The van der Waals surface area contributed by atoms with Crippen molar-refractivity contribution in [2.75, 3.05) is 13.7 Å². The number of hydrogen-bond donors (Lipinski definition) is 0. The fraction of sp³-hybridized carbons (Fsp3) is 0.417. The van der Waals surface area contributed by atoms with Crippen LogP contribution in [0.4, 0.5) is 5.69 Å². The van der Waals surface area contributed by atoms with Gasteiger partial charge in [0.15, 0.2) is 0 Å². The second kappa shape index (κ2) is 6.94. The monoisotopic (exact) mass is 287 g/mol. The first-order chi connectivity index (χ1) is 9.03. The molecule has 0 saturated heterocycles. The molecule has 0 N–H and O–H groups in total. The number of rotatable bonds is 6. The molecule has 7 heteroatoms. The molecule has 0 amide bonds. The second-order valence-corrected chi connectivity index (χ2v) is 3.93. The van der Waals surface area contributed by atoms with Gasteiger partial charge in [0, 0.05) is 17.2 Å². The molecule has 1 rings (SSSR count). The molecule has 6 nitrogen and oxygen atoms in total. The van der Waals surface area contributed by atoms with Crippen molar-refractivity contribution in [3.63, 3.8) is 0 Å². The van der Waals surface area contributed by atoms with Gasteiger partial charge in [0.1, 0.15) is 5.75 Å². The highest BCUT2D eigenvalue weighted by atomic mass is 35.5. The molecule has 19 heavy (non-hydrogen) atoms. The molecule has 1 aromatic carbocycles. The molecule has 0 spiro atoms. The smallest absolute Gasteiger partial charge is 0.310 e. The quantitative estimate of drug-likeness (QED) is 0.347. The van der Waals surface area contributed by atoms with Crippen LogP contribution in [0.5, 0.6) is 5.75 Å². The fourth-order valence-electron chi connectivity index (χ4n) is 1.63. The van der Waals surface area contributed by atoms with E-state index in [2.05, 4.69) is 0 Å². The van der Waals surface area contributed by atoms with E-state index in [4.69, 9.17) is 21.1 Å². The van der Waals surface area contributed by atoms with E-state index in [0.29, 0.717) is 16.9 Å². The van der Waals surface area contributed by atoms with E-state index in [9.17, 15) is 14.9 Å². The van der Waals surface area contributed by atoms with Gasteiger partial charge in [0.25, 0.3) is 5.69 Å². The number of methoxy groups -OCH3 is 1. The normalized spacial score (nSPS) is 10.1. The highest BCUT2D eigenvalue weighted by molar-refractivity contribution is 6.17. The molecule has 0 aliphatic rings. The third-order valence-electron chi connectivity index (χ3n) is 2.46. The minimum Gasteiger partial charge on any atom is -0.496 e. The SMILES string of the molecule is CCOC(=O)Cc1cc([N+](=O)[O-])c(CCl)cc1OC. The molecule has 104 valence electrons. The van der Waals surface area contributed by atoms with Gasteiger partial charge in [-0.15, -0.1) is 11.6 Å². The summed E-state index contributed by atoms with van der Waals surface area (Å²) in [6, 6.07) is 2.77. The van der Waals surface area contributed by atoms with Gasteiger partial charge < -0.3 is 9.47 Å². The fourth-order valence-corrected chi connectivity index (χ4v) is 1.84. The van der Waals surface area contributed by atoms with Crippen LogP contribution in [0.2, 0.25) is 0 Å². The van der Waals surface area contributed by atoms with E-state index in [0.717, 1.165) is 0 Å². The van der Waals surface area contributed by atoms with E-state index in [1.807, 2.05) is 0 Å². The molecule has 0 radical (unpaired) electrons. The van der Waals surface area contributed by atoms with E-state index in [1.165, 1.54) is 19.2 Å². The van der Waals surface area contributed by atoms with Gasteiger partial charge in [0.05, 0.1) is 30.9 Å². The summed E-state index contributed by atoms with van der Waals surface area (Å²) in [6.07, 6.45) is -0.0829. The Kier molecular flexibility index (Phi) is 5.57. The maximum Gasteiger partial charge on any atom is 0.310 e. The number of nitro groups is 1. The van der Waals surface area contributed by atoms with Crippen LogP contribution in [0.3, 0.4) is 0 Å². The van der Waals surface area contributed by atoms with E-state index in [1.54, 1.807) is 6.92 Å². The molecular formula is C12H14ClNO5. The van der Waals surface area contributed by atoms with E-state index < -0.39 is 10.9 Å². The van der Waals surface area contributed by atoms with Crippen LogP contribution in [0.1, 0.15) is 18.1 Å². The van der Waals surface area contributed by atoms with Crippen LogP contribution in [-0.4, -0.2) is 24.6 Å². The number of carbonyl (C=O) groups excluding carboxylic acids is 1. The zero-order valence-corrected chi connectivity index (χ0v) is 11.4. The number of halogens is 1. The molecule has 0 fully saturated rings. The minimum atomic E-state index is -0.536. The van der Waals surface area contributed by atoms with Crippen LogP contribution in [0.15, 0.2) is 12.1 Å². The predicted molar refractivity (Wildman–Crippen MR) is 69.5 cm³/mol. The predicted octanol–water partition coefficient (Wildman–Crippen LogP) is 2.45. The first-order valence-corrected chi connectivity index (χ1v) is 6.12. The maximum absolute atomic E-state index is 11.4. The summed E-state index contributed by atoms with van der Waals surface area (Å²) >= 11 is 5.66. The first kappa shape index (κ1) is 15.2. The lowest BCUT2D eigenvalue weighted by atomic mass is 10.1. The highest BCUT2D eigenvalue weighted by Gasteiger charge is 2.19. The van der Waals surface area contributed by atoms with Crippen molar-refractivity contribution in [2.45, 2.75) is 19.2 Å². The summed E-state index contributed by atoms with van der Waals surface area (Å²) in [6.45, 7) is 1.94. The summed E-state index contributed by atoms with van der Waals surface area (Å²) in [4.78, 5) is 21.8. The van der Waals surface area contributed by atoms with E-state index in [-0.39, 0.29) is 24.6 Å². The van der Waals surface area contributed by atoms with Crippen LogP contribution >= 0.6 is 11.6 Å². The third-order valence-corrected chi connectivity index (χ3v) is 2.75. The molecule has 0 saturated carbocycles. The van der Waals surface area contributed by atoms with Crippen LogP contribution in [0, 0.1) is 10.1 Å². The molecule has 0 unspecified atom stereocenters. The Bertz CT molecular complexity index is 489. The Labute approximate surface area is 115 Å². The van der Waals surface area contributed by atoms with Gasteiger partial charge in [0.2, 0.25) is 0 Å². The van der Waals surface area contributed by atoms with Crippen LogP contribution in [0.25, 0.3) is 0 Å². The zero-order chi connectivity index (χ0) is 14.4. The van der Waals surface area contributed by atoms with Crippen molar-refractivity contribution < 1.29 is 19.2 Å². The van der Waals surface area contributed by atoms with Gasteiger partial charge in [-0.1, -0.05) is 0 Å². The number of esters is 1. The van der Waals surface area contributed by atoms with Crippen molar-refractivity contribution in [3.05, 3.63) is 33.4 Å². The summed E-state index contributed by atoms with van der Waals surface area (Å²) in [5.74, 6) is -0.0881. The largest absolute Gasteiger partial charge is 0.496 e. The van der Waals surface area contributed by atoms with Gasteiger partial charge >= 0.3 is 5.97 Å². The lowest BCUT2D eigenvalue weighted by Crippen LogP contribution is -2.09. The molecule has 0 atom stereocenters. The van der Waals surface area contributed by atoms with Gasteiger partial charge in [-0.3, -0.25) is 14.9 Å². The lowest BCUT2D eigenvalue weighted by molar-refractivity contribution is -0.385. The number of carbonyl (C=O) groups is 1. The van der Waals surface area contributed by atoms with Gasteiger partial charge in [-0.25, -0.2) is 0 Å². The molecule has 0 heterocycles. The number of benzene rings is 1. The number of nitro benzene ring substituents is 1.